The summed E-state index contributed by atoms with van der Waals surface area (Å²) in [5, 5.41) is 4.98. The number of aromatic nitrogens is 3. The van der Waals surface area contributed by atoms with Crippen LogP contribution in [-0.2, 0) is 0 Å². The van der Waals surface area contributed by atoms with Crippen molar-refractivity contribution in [3.8, 4) is 78.1 Å². The highest BCUT2D eigenvalue weighted by Gasteiger charge is 2.14. The van der Waals surface area contributed by atoms with E-state index in [0.29, 0.717) is 0 Å². The molecule has 10 rings (SSSR count). The second-order valence-corrected chi connectivity index (χ2v) is 14.1. The Balaban J connectivity index is 1.13. The van der Waals surface area contributed by atoms with E-state index in [1.54, 1.807) is 0 Å². The molecule has 0 bridgehead atoms. The van der Waals surface area contributed by atoms with E-state index in [0.717, 1.165) is 50.3 Å². The predicted molar refractivity (Wildman–Crippen MR) is 233 cm³/mol. The third kappa shape index (κ3) is 6.42. The normalized spacial score (nSPS) is 11.2. The maximum absolute atomic E-state index is 5.07. The number of rotatable bonds is 7. The standard InChI is InChI=1S/C53H35N3/c1-2-16-48-43(9-1)35-51(50-18-4-3-17-49(48)50)47-33-45(41-13-6-12-40(30-41)39-11-5-10-38(29-39)36-21-25-54-26-22-36)32-46(34-47)42-14-7-15-44(31-42)53-20-8-19-52(56-53)37-23-27-55-28-24-37/h1-35H. The maximum atomic E-state index is 5.07. The first-order valence-corrected chi connectivity index (χ1v) is 18.9. The number of nitrogens with zero attached hydrogens (tertiary/aromatic N) is 3. The van der Waals surface area contributed by atoms with Crippen LogP contribution in [0.3, 0.4) is 0 Å². The molecule has 3 heteroatoms. The van der Waals surface area contributed by atoms with Crippen LogP contribution in [-0.4, -0.2) is 15.0 Å². The van der Waals surface area contributed by atoms with Gasteiger partial charge in [0.2, 0.25) is 0 Å². The average molecular weight is 714 g/mol. The lowest BCUT2D eigenvalue weighted by Crippen LogP contribution is -1.91. The molecule has 7 aromatic carbocycles. The van der Waals surface area contributed by atoms with Crippen molar-refractivity contribution in [2.75, 3.05) is 0 Å². The van der Waals surface area contributed by atoms with Crippen LogP contribution in [0.25, 0.3) is 99.7 Å². The lowest BCUT2D eigenvalue weighted by atomic mass is 9.88. The fourth-order valence-corrected chi connectivity index (χ4v) is 7.85. The maximum Gasteiger partial charge on any atom is 0.0710 e. The number of fused-ring (bicyclic) bond motifs is 3. The quantitative estimate of drug-likeness (QED) is 0.154. The van der Waals surface area contributed by atoms with Gasteiger partial charge >= 0.3 is 0 Å². The summed E-state index contributed by atoms with van der Waals surface area (Å²) >= 11 is 0. The summed E-state index contributed by atoms with van der Waals surface area (Å²) in [5.41, 5.74) is 15.6. The Morgan fingerprint density at radius 3 is 1.32 bits per heavy atom. The van der Waals surface area contributed by atoms with Crippen molar-refractivity contribution in [2.45, 2.75) is 0 Å². The van der Waals surface area contributed by atoms with Crippen LogP contribution in [0.5, 0.6) is 0 Å². The molecule has 0 N–H and O–H groups in total. The second-order valence-electron chi connectivity index (χ2n) is 14.1. The van der Waals surface area contributed by atoms with E-state index in [-0.39, 0.29) is 0 Å². The van der Waals surface area contributed by atoms with Crippen LogP contribution >= 0.6 is 0 Å². The van der Waals surface area contributed by atoms with Crippen LogP contribution < -0.4 is 0 Å². The second kappa shape index (κ2) is 14.4. The summed E-state index contributed by atoms with van der Waals surface area (Å²) in [6.45, 7) is 0. The van der Waals surface area contributed by atoms with Gasteiger partial charge in [-0.3, -0.25) is 9.97 Å². The van der Waals surface area contributed by atoms with E-state index in [2.05, 4.69) is 186 Å². The third-order valence-electron chi connectivity index (χ3n) is 10.6. The minimum Gasteiger partial charge on any atom is -0.265 e. The molecular weight excluding hydrogens is 679 g/mol. The molecule has 0 unspecified atom stereocenters. The van der Waals surface area contributed by atoms with Crippen molar-refractivity contribution in [3.63, 3.8) is 0 Å². The highest BCUT2D eigenvalue weighted by atomic mass is 14.7. The van der Waals surface area contributed by atoms with E-state index < -0.39 is 0 Å². The lowest BCUT2D eigenvalue weighted by molar-refractivity contribution is 1.29. The van der Waals surface area contributed by atoms with E-state index in [1.807, 2.05) is 36.9 Å². The lowest BCUT2D eigenvalue weighted by Gasteiger charge is -2.16. The molecule has 10 aromatic rings. The molecule has 0 amide bonds. The fraction of sp³-hybridized carbons (Fsp3) is 0. The summed E-state index contributed by atoms with van der Waals surface area (Å²) < 4.78 is 0. The minimum absolute atomic E-state index is 0.925. The van der Waals surface area contributed by atoms with Crippen molar-refractivity contribution < 1.29 is 0 Å². The molecule has 3 heterocycles. The zero-order chi connectivity index (χ0) is 37.3. The molecule has 3 nitrogen and oxygen atoms in total. The van der Waals surface area contributed by atoms with E-state index in [4.69, 9.17) is 4.98 Å². The Labute approximate surface area is 326 Å². The molecule has 56 heavy (non-hydrogen) atoms. The molecule has 3 aromatic heterocycles. The Hall–Kier alpha value is -7.49. The van der Waals surface area contributed by atoms with Crippen LogP contribution in [0, 0.1) is 0 Å². The summed E-state index contributed by atoms with van der Waals surface area (Å²) in [7, 11) is 0. The van der Waals surface area contributed by atoms with Gasteiger partial charge in [0.15, 0.2) is 0 Å². The van der Waals surface area contributed by atoms with Crippen LogP contribution in [0.4, 0.5) is 0 Å². The molecule has 0 aliphatic heterocycles. The first kappa shape index (κ1) is 33.1. The molecule has 262 valence electrons. The molecule has 0 atom stereocenters. The number of benzene rings is 7. The predicted octanol–water partition coefficient (Wildman–Crippen LogP) is 13.8. The first-order chi connectivity index (χ1) is 27.7. The highest BCUT2D eigenvalue weighted by molar-refractivity contribution is 6.14. The molecule has 0 aliphatic rings. The molecular formula is C53H35N3. The molecule has 0 aliphatic carbocycles. The Kier molecular flexibility index (Phi) is 8.51. The Morgan fingerprint density at radius 2 is 0.679 bits per heavy atom. The third-order valence-corrected chi connectivity index (χ3v) is 10.6. The van der Waals surface area contributed by atoms with Gasteiger partial charge in [-0.1, -0.05) is 109 Å². The molecule has 0 saturated carbocycles. The van der Waals surface area contributed by atoms with E-state index in [1.165, 1.54) is 49.4 Å². The molecule has 0 saturated heterocycles. The number of hydrogen-bond acceptors (Lipinski definition) is 3. The van der Waals surface area contributed by atoms with Gasteiger partial charge in [-0.05, 0) is 156 Å². The molecule has 0 radical (unpaired) electrons. The van der Waals surface area contributed by atoms with Gasteiger partial charge in [-0.2, -0.15) is 0 Å². The summed E-state index contributed by atoms with van der Waals surface area (Å²) in [6, 6.07) is 67.6. The average Bonchev–Trinajstić information content (AvgIpc) is 3.29. The summed E-state index contributed by atoms with van der Waals surface area (Å²) in [6.07, 6.45) is 7.31. The Morgan fingerprint density at radius 1 is 0.250 bits per heavy atom. The fourth-order valence-electron chi connectivity index (χ4n) is 7.85. The minimum atomic E-state index is 0.925. The van der Waals surface area contributed by atoms with Crippen LogP contribution in [0.1, 0.15) is 0 Å². The Bertz CT molecular complexity index is 2880. The van der Waals surface area contributed by atoms with Crippen molar-refractivity contribution >= 4 is 21.5 Å². The van der Waals surface area contributed by atoms with Crippen LogP contribution in [0.15, 0.2) is 213 Å². The van der Waals surface area contributed by atoms with Gasteiger partial charge < -0.3 is 0 Å². The zero-order valence-electron chi connectivity index (χ0n) is 30.5. The largest absolute Gasteiger partial charge is 0.265 e. The number of pyridine rings is 3. The first-order valence-electron chi connectivity index (χ1n) is 18.9. The van der Waals surface area contributed by atoms with Gasteiger partial charge in [0, 0.05) is 35.9 Å². The van der Waals surface area contributed by atoms with E-state index in [9.17, 15) is 0 Å². The van der Waals surface area contributed by atoms with E-state index >= 15 is 0 Å². The number of hydrogen-bond donors (Lipinski definition) is 0. The van der Waals surface area contributed by atoms with Gasteiger partial charge in [-0.15, -0.1) is 0 Å². The van der Waals surface area contributed by atoms with Crippen molar-refractivity contribution in [3.05, 3.63) is 213 Å². The van der Waals surface area contributed by atoms with Gasteiger partial charge in [0.05, 0.1) is 11.4 Å². The monoisotopic (exact) mass is 713 g/mol. The SMILES string of the molecule is c1cc(-c2ccncc2)cc(-c2cccc(-c3cc(-c4cccc(-c5cccc(-c6ccncc6)n5)c4)cc(-c4cc5ccccc5c5ccccc45)c3)c2)c1. The molecule has 0 spiro atoms. The molecule has 0 fully saturated rings. The highest BCUT2D eigenvalue weighted by Crippen LogP contribution is 2.40. The van der Waals surface area contributed by atoms with Crippen molar-refractivity contribution in [1.29, 1.82) is 0 Å². The van der Waals surface area contributed by atoms with Crippen molar-refractivity contribution in [1.82, 2.24) is 15.0 Å². The van der Waals surface area contributed by atoms with Gasteiger partial charge in [0.25, 0.3) is 0 Å². The topological polar surface area (TPSA) is 38.7 Å². The van der Waals surface area contributed by atoms with Crippen LogP contribution in [0.2, 0.25) is 0 Å². The van der Waals surface area contributed by atoms with Crippen molar-refractivity contribution in [2.24, 2.45) is 0 Å². The smallest absolute Gasteiger partial charge is 0.0710 e. The van der Waals surface area contributed by atoms with Gasteiger partial charge in [0.1, 0.15) is 0 Å². The zero-order valence-corrected chi connectivity index (χ0v) is 30.5. The summed E-state index contributed by atoms with van der Waals surface area (Å²) in [5.74, 6) is 0. The van der Waals surface area contributed by atoms with Gasteiger partial charge in [-0.25, -0.2) is 4.98 Å². The summed E-state index contributed by atoms with van der Waals surface area (Å²) in [4.78, 5) is 13.5.